The first-order chi connectivity index (χ1) is 21.6. The van der Waals surface area contributed by atoms with Crippen LogP contribution in [-0.4, -0.2) is 64.9 Å². The Morgan fingerprint density at radius 3 is 2.38 bits per heavy atom. The number of pyridine rings is 1. The van der Waals surface area contributed by atoms with Crippen molar-refractivity contribution in [3.8, 4) is 34.5 Å². The van der Waals surface area contributed by atoms with Crippen molar-refractivity contribution in [1.82, 2.24) is 19.7 Å². The van der Waals surface area contributed by atoms with Crippen molar-refractivity contribution >= 4 is 17.7 Å². The highest BCUT2D eigenvalue weighted by Crippen LogP contribution is 2.38. The molecule has 10 nitrogen and oxygen atoms in total. The molecule has 3 atom stereocenters. The minimum absolute atomic E-state index is 0.0280. The van der Waals surface area contributed by atoms with Gasteiger partial charge in [-0.25, -0.2) is 0 Å². The molecule has 0 aliphatic carbocycles. The van der Waals surface area contributed by atoms with Crippen molar-refractivity contribution in [2.45, 2.75) is 51.9 Å². The molecule has 2 aromatic carbocycles. The zero-order valence-corrected chi connectivity index (χ0v) is 26.1. The van der Waals surface area contributed by atoms with E-state index in [0.29, 0.717) is 42.1 Å². The molecule has 3 aromatic rings. The number of hydrogen-bond donors (Lipinski definition) is 1. The van der Waals surface area contributed by atoms with Crippen LogP contribution in [0.4, 0.5) is 0 Å². The summed E-state index contributed by atoms with van der Waals surface area (Å²) in [4.78, 5) is 53.1. The summed E-state index contributed by atoms with van der Waals surface area (Å²) in [6.45, 7) is 5.70. The molecule has 3 aliphatic rings. The molecule has 10 heteroatoms. The maximum Gasteiger partial charge on any atom is 0.255 e. The molecule has 0 spiro atoms. The maximum absolute atomic E-state index is 13.2. The number of likely N-dealkylation sites (tertiary alicyclic amines) is 1. The number of fused-ring (bicyclic) bond motifs is 1. The summed E-state index contributed by atoms with van der Waals surface area (Å²) in [5.74, 6) is 7.31. The van der Waals surface area contributed by atoms with E-state index < -0.39 is 11.9 Å². The van der Waals surface area contributed by atoms with Crippen LogP contribution in [0.3, 0.4) is 0 Å². The summed E-state index contributed by atoms with van der Waals surface area (Å²) in [7, 11) is 5.04. The molecule has 1 aromatic heterocycles. The van der Waals surface area contributed by atoms with Crippen molar-refractivity contribution in [2.75, 3.05) is 20.8 Å². The number of rotatable bonds is 6. The predicted molar refractivity (Wildman–Crippen MR) is 168 cm³/mol. The van der Waals surface area contributed by atoms with Gasteiger partial charge in [-0.1, -0.05) is 17.9 Å². The Morgan fingerprint density at radius 2 is 1.73 bits per heavy atom. The van der Waals surface area contributed by atoms with Gasteiger partial charge in [0.05, 0.1) is 19.8 Å². The highest BCUT2D eigenvalue weighted by atomic mass is 16.5. The summed E-state index contributed by atoms with van der Waals surface area (Å²) in [6.07, 6.45) is 2.38. The van der Waals surface area contributed by atoms with Crippen LogP contribution in [0.2, 0.25) is 0 Å². The van der Waals surface area contributed by atoms with Crippen LogP contribution in [0, 0.1) is 24.7 Å². The first-order valence-corrected chi connectivity index (χ1v) is 15.0. The van der Waals surface area contributed by atoms with Crippen molar-refractivity contribution in [1.29, 1.82) is 0 Å². The van der Waals surface area contributed by atoms with Crippen molar-refractivity contribution in [3.05, 3.63) is 80.8 Å². The predicted octanol–water partition coefficient (Wildman–Crippen LogP) is 3.01. The van der Waals surface area contributed by atoms with Crippen molar-refractivity contribution in [3.63, 3.8) is 0 Å². The molecule has 3 aliphatic heterocycles. The highest BCUT2D eigenvalue weighted by Gasteiger charge is 2.39. The third-order valence-corrected chi connectivity index (χ3v) is 9.18. The number of imide groups is 1. The van der Waals surface area contributed by atoms with E-state index in [1.165, 1.54) is 0 Å². The zero-order valence-electron chi connectivity index (χ0n) is 26.1. The fourth-order valence-electron chi connectivity index (χ4n) is 6.42. The van der Waals surface area contributed by atoms with Crippen LogP contribution < -0.4 is 20.3 Å². The Kier molecular flexibility index (Phi) is 7.97. The van der Waals surface area contributed by atoms with Crippen LogP contribution in [-0.2, 0) is 29.7 Å². The van der Waals surface area contributed by atoms with E-state index in [0.717, 1.165) is 34.4 Å². The summed E-state index contributed by atoms with van der Waals surface area (Å²) in [6, 6.07) is 11.0. The van der Waals surface area contributed by atoms with Crippen LogP contribution in [0.25, 0.3) is 11.1 Å². The van der Waals surface area contributed by atoms with Gasteiger partial charge in [0, 0.05) is 67.9 Å². The molecule has 2 fully saturated rings. The van der Waals surface area contributed by atoms with Crippen molar-refractivity contribution in [2.24, 2.45) is 13.0 Å². The quantitative estimate of drug-likeness (QED) is 0.339. The Balaban J connectivity index is 1.14. The average molecular weight is 609 g/mol. The number of piperidine rings is 1. The lowest BCUT2D eigenvalue weighted by Gasteiger charge is -2.44. The van der Waals surface area contributed by atoms with Gasteiger partial charge in [-0.15, -0.1) is 0 Å². The van der Waals surface area contributed by atoms with Gasteiger partial charge >= 0.3 is 0 Å². The second kappa shape index (κ2) is 11.9. The molecule has 6 rings (SSSR count). The minimum Gasteiger partial charge on any atom is -0.496 e. The van der Waals surface area contributed by atoms with Crippen molar-refractivity contribution < 1.29 is 23.9 Å². The Labute approximate surface area is 261 Å². The molecule has 4 heterocycles. The lowest BCUT2D eigenvalue weighted by molar-refractivity contribution is -0.136. The lowest BCUT2D eigenvalue weighted by atomic mass is 9.89. The Hall–Kier alpha value is -4.88. The van der Waals surface area contributed by atoms with Crippen LogP contribution in [0.15, 0.2) is 47.4 Å². The second-order valence-electron chi connectivity index (χ2n) is 12.0. The SMILES string of the molecule is COc1cc(-c2cc(C)c(=O)n(C)c2)cc(OC)c1CN1CC(C#Cc2ccc3c(c2)C(=O)N(C2CCC(=O)NC2=O)C3)C1C. The van der Waals surface area contributed by atoms with Crippen LogP contribution >= 0.6 is 0 Å². The van der Waals surface area contributed by atoms with Gasteiger partial charge in [-0.05, 0) is 67.3 Å². The standard InChI is InChI=1S/C35H36N4O6/c1-20-12-26(16-37(3)34(20)42)25-14-30(44-4)28(31(15-25)45-5)19-38-17-23(21(38)2)8-6-22-7-9-24-18-39(35(43)27(24)13-22)29-10-11-32(40)36-33(29)41/h7,9,12-16,21,23,29H,10-11,17-19H2,1-5H3,(H,36,40,41). The highest BCUT2D eigenvalue weighted by molar-refractivity contribution is 6.05. The third-order valence-electron chi connectivity index (χ3n) is 9.18. The Morgan fingerprint density at radius 1 is 1.00 bits per heavy atom. The average Bonchev–Trinajstić information content (AvgIpc) is 3.35. The Bertz CT molecular complexity index is 1800. The minimum atomic E-state index is -0.634. The van der Waals surface area contributed by atoms with Gasteiger partial charge in [-0.2, -0.15) is 0 Å². The van der Waals surface area contributed by atoms with Gasteiger partial charge in [0.15, 0.2) is 0 Å². The second-order valence-corrected chi connectivity index (χ2v) is 12.0. The number of aryl methyl sites for hydroxylation is 2. The normalized spacial score (nSPS) is 21.0. The first-order valence-electron chi connectivity index (χ1n) is 15.0. The molecule has 232 valence electrons. The zero-order chi connectivity index (χ0) is 32.0. The number of amides is 3. The first kappa shape index (κ1) is 30.2. The molecular weight excluding hydrogens is 572 g/mol. The number of benzene rings is 2. The fourth-order valence-corrected chi connectivity index (χ4v) is 6.42. The molecule has 0 radical (unpaired) electrons. The smallest absolute Gasteiger partial charge is 0.255 e. The van der Waals surface area contributed by atoms with Gasteiger partial charge in [0.25, 0.3) is 11.5 Å². The number of carbonyl (C=O) groups is 3. The van der Waals surface area contributed by atoms with E-state index in [4.69, 9.17) is 9.47 Å². The van der Waals surface area contributed by atoms with E-state index in [-0.39, 0.29) is 35.8 Å². The molecule has 3 amide bonds. The van der Waals surface area contributed by atoms with E-state index in [1.807, 2.05) is 36.5 Å². The number of carbonyl (C=O) groups excluding carboxylic acids is 3. The molecule has 1 N–H and O–H groups in total. The summed E-state index contributed by atoms with van der Waals surface area (Å²) in [5.41, 5.74) is 5.57. The molecular formula is C35H36N4O6. The summed E-state index contributed by atoms with van der Waals surface area (Å²) < 4.78 is 13.2. The molecule has 3 unspecified atom stereocenters. The maximum atomic E-state index is 13.2. The van der Waals surface area contributed by atoms with E-state index in [9.17, 15) is 19.2 Å². The fraction of sp³-hybridized carbons (Fsp3) is 0.371. The summed E-state index contributed by atoms with van der Waals surface area (Å²) >= 11 is 0. The summed E-state index contributed by atoms with van der Waals surface area (Å²) in [5, 5.41) is 2.34. The number of methoxy groups -OCH3 is 2. The number of aromatic nitrogens is 1. The van der Waals surface area contributed by atoms with E-state index in [1.54, 1.807) is 43.7 Å². The largest absolute Gasteiger partial charge is 0.496 e. The van der Waals surface area contributed by atoms with Gasteiger partial charge in [0.2, 0.25) is 11.8 Å². The van der Waals surface area contributed by atoms with Gasteiger partial charge in [-0.3, -0.25) is 29.4 Å². The molecule has 0 bridgehead atoms. The van der Waals surface area contributed by atoms with Crippen LogP contribution in [0.5, 0.6) is 11.5 Å². The molecule has 45 heavy (non-hydrogen) atoms. The number of nitrogens with one attached hydrogen (secondary N) is 1. The lowest BCUT2D eigenvalue weighted by Crippen LogP contribution is -2.53. The van der Waals surface area contributed by atoms with E-state index >= 15 is 0 Å². The molecule has 2 saturated heterocycles. The van der Waals surface area contributed by atoms with Crippen LogP contribution in [0.1, 0.15) is 52.4 Å². The van der Waals surface area contributed by atoms with E-state index in [2.05, 4.69) is 29.0 Å². The monoisotopic (exact) mass is 608 g/mol. The van der Waals surface area contributed by atoms with Gasteiger partial charge < -0.3 is 18.9 Å². The van der Waals surface area contributed by atoms with Gasteiger partial charge in [0.1, 0.15) is 17.5 Å². The number of nitrogens with zero attached hydrogens (tertiary/aromatic N) is 3. The number of hydrogen-bond acceptors (Lipinski definition) is 7. The molecule has 0 saturated carbocycles. The third kappa shape index (κ3) is 5.60. The number of ether oxygens (including phenoxy) is 2. The topological polar surface area (TPSA) is 110 Å².